The predicted octanol–water partition coefficient (Wildman–Crippen LogP) is 0.991. The van der Waals surface area contributed by atoms with E-state index in [-0.39, 0.29) is 42.5 Å². The minimum atomic E-state index is -1.28. The molecule has 1 aromatic carbocycles. The number of carboxylic acids is 1. The van der Waals surface area contributed by atoms with Gasteiger partial charge in [-0.05, 0) is 12.1 Å². The van der Waals surface area contributed by atoms with E-state index in [1.165, 1.54) is 6.07 Å². The monoisotopic (exact) mass is 246 g/mol. The Balaban J connectivity index is 0.00000162. The topological polar surface area (TPSA) is 78.9 Å². The predicted molar refractivity (Wildman–Crippen MR) is 58.3 cm³/mol. The van der Waals surface area contributed by atoms with Gasteiger partial charge in [0.2, 0.25) is 5.82 Å². The summed E-state index contributed by atoms with van der Waals surface area (Å²) in [6, 6.07) is 3.48. The van der Waals surface area contributed by atoms with Crippen LogP contribution in [-0.4, -0.2) is 45.1 Å². The summed E-state index contributed by atoms with van der Waals surface area (Å²) in [4.78, 5) is 12.9. The maximum absolute atomic E-state index is 13.3. The van der Waals surface area contributed by atoms with Crippen molar-refractivity contribution in [1.82, 2.24) is 15.2 Å². The van der Waals surface area contributed by atoms with E-state index >= 15 is 0 Å². The molecule has 2 rings (SSSR count). The maximum Gasteiger partial charge on any atom is 0.373 e. The van der Waals surface area contributed by atoms with E-state index in [0.29, 0.717) is 0 Å². The van der Waals surface area contributed by atoms with Gasteiger partial charge in [-0.3, -0.25) is 0 Å². The number of carbonyl (C=O) groups is 1. The minimum absolute atomic E-state index is 0. The third-order valence-corrected chi connectivity index (χ3v) is 2.14. The zero-order valence-electron chi connectivity index (χ0n) is 9.44. The van der Waals surface area contributed by atoms with E-state index in [9.17, 15) is 13.6 Å². The van der Waals surface area contributed by atoms with Gasteiger partial charge in [0.05, 0.1) is 0 Å². The quantitative estimate of drug-likeness (QED) is 0.791. The van der Waals surface area contributed by atoms with Gasteiger partial charge < -0.3 is 10.1 Å². The van der Waals surface area contributed by atoms with Crippen molar-refractivity contribution in [1.29, 1.82) is 0 Å². The normalized spacial score (nSPS) is 9.89. The van der Waals surface area contributed by atoms with Gasteiger partial charge in [0, 0.05) is 30.8 Å². The summed E-state index contributed by atoms with van der Waals surface area (Å²) < 4.78 is 26.6. The molecule has 0 saturated carbocycles. The standard InChI is InChI=1S/C10H7F2N3O2.Li/c11-6-2-1-3-7(12)5(6)4-8-13-9(10(16)17)15-14-8;/h1-3H,4H2,(H,16,17)(H,13,14,15);. The van der Waals surface area contributed by atoms with Gasteiger partial charge in [0.1, 0.15) is 17.5 Å². The molecule has 1 heterocycles. The first kappa shape index (κ1) is 14.3. The van der Waals surface area contributed by atoms with Crippen LogP contribution in [0.25, 0.3) is 0 Å². The molecular formula is C10H7F2LiN3O2. The molecule has 1 radical (unpaired) electrons. The first-order valence-electron chi connectivity index (χ1n) is 4.65. The number of halogens is 2. The van der Waals surface area contributed by atoms with Crippen molar-refractivity contribution in [2.45, 2.75) is 6.42 Å². The molecule has 0 fully saturated rings. The fourth-order valence-electron chi connectivity index (χ4n) is 1.34. The molecule has 0 amide bonds. The molecule has 18 heavy (non-hydrogen) atoms. The molecule has 2 aromatic rings. The van der Waals surface area contributed by atoms with Crippen molar-refractivity contribution < 1.29 is 18.7 Å². The van der Waals surface area contributed by atoms with Gasteiger partial charge in [0.25, 0.3) is 0 Å². The summed E-state index contributed by atoms with van der Waals surface area (Å²) >= 11 is 0. The SMILES string of the molecule is O=C(O)c1nnc(Cc2c(F)cccc2F)[nH]1.[Li]. The van der Waals surface area contributed by atoms with E-state index in [1.54, 1.807) is 0 Å². The number of aromatic nitrogens is 3. The first-order valence-corrected chi connectivity index (χ1v) is 4.65. The number of H-pyrrole nitrogens is 1. The zero-order valence-corrected chi connectivity index (χ0v) is 9.44. The zero-order chi connectivity index (χ0) is 12.4. The number of aromatic amines is 1. The van der Waals surface area contributed by atoms with E-state index < -0.39 is 17.6 Å². The molecule has 0 aliphatic carbocycles. The van der Waals surface area contributed by atoms with Crippen LogP contribution >= 0.6 is 0 Å². The first-order chi connectivity index (χ1) is 8.08. The van der Waals surface area contributed by atoms with Crippen molar-refractivity contribution in [3.8, 4) is 0 Å². The maximum atomic E-state index is 13.3. The second kappa shape index (κ2) is 5.75. The Morgan fingerprint density at radius 1 is 1.28 bits per heavy atom. The second-order valence-electron chi connectivity index (χ2n) is 3.30. The summed E-state index contributed by atoms with van der Waals surface area (Å²) in [6.45, 7) is 0. The van der Waals surface area contributed by atoms with Crippen LogP contribution in [0, 0.1) is 11.6 Å². The largest absolute Gasteiger partial charge is 0.475 e. The number of rotatable bonds is 3. The molecule has 0 saturated heterocycles. The van der Waals surface area contributed by atoms with Crippen molar-refractivity contribution in [2.24, 2.45) is 0 Å². The Hall–Kier alpha value is -1.71. The van der Waals surface area contributed by atoms with Gasteiger partial charge in [-0.2, -0.15) is 0 Å². The fraction of sp³-hybridized carbons (Fsp3) is 0.100. The van der Waals surface area contributed by atoms with Gasteiger partial charge >= 0.3 is 5.97 Å². The minimum Gasteiger partial charge on any atom is -0.475 e. The number of carboxylic acid groups (broad SMARTS) is 1. The van der Waals surface area contributed by atoms with Crippen molar-refractivity contribution in [2.75, 3.05) is 0 Å². The van der Waals surface area contributed by atoms with Crippen LogP contribution in [0.5, 0.6) is 0 Å². The third kappa shape index (κ3) is 2.94. The number of benzene rings is 1. The molecule has 8 heteroatoms. The van der Waals surface area contributed by atoms with Gasteiger partial charge in [0.15, 0.2) is 0 Å². The molecule has 0 aliphatic heterocycles. The fourth-order valence-corrected chi connectivity index (χ4v) is 1.34. The molecule has 0 bridgehead atoms. The smallest absolute Gasteiger partial charge is 0.373 e. The van der Waals surface area contributed by atoms with Gasteiger partial charge in [-0.25, -0.2) is 13.6 Å². The third-order valence-electron chi connectivity index (χ3n) is 2.14. The number of hydrogen-bond donors (Lipinski definition) is 2. The number of nitrogens with one attached hydrogen (secondary N) is 1. The molecule has 0 atom stereocenters. The Kier molecular flexibility index (Phi) is 4.59. The van der Waals surface area contributed by atoms with Crippen molar-refractivity contribution >= 4 is 24.8 Å². The van der Waals surface area contributed by atoms with E-state index in [2.05, 4.69) is 15.2 Å². The molecule has 0 unspecified atom stereocenters. The number of nitrogens with zero attached hydrogens (tertiary/aromatic N) is 2. The van der Waals surface area contributed by atoms with Crippen LogP contribution in [0.3, 0.4) is 0 Å². The van der Waals surface area contributed by atoms with Crippen LogP contribution in [0.2, 0.25) is 0 Å². The average molecular weight is 246 g/mol. The summed E-state index contributed by atoms with van der Waals surface area (Å²) in [6.07, 6.45) is -0.182. The van der Waals surface area contributed by atoms with E-state index in [0.717, 1.165) is 12.1 Å². The molecule has 1 aromatic heterocycles. The van der Waals surface area contributed by atoms with E-state index in [1.807, 2.05) is 0 Å². The second-order valence-corrected chi connectivity index (χ2v) is 3.30. The summed E-state index contributed by atoms with van der Waals surface area (Å²) in [5, 5.41) is 15.4. The summed E-state index contributed by atoms with van der Waals surface area (Å²) in [5.41, 5.74) is -0.180. The van der Waals surface area contributed by atoms with Crippen molar-refractivity contribution in [3.05, 3.63) is 47.0 Å². The molecule has 5 nitrogen and oxygen atoms in total. The summed E-state index contributed by atoms with van der Waals surface area (Å²) in [7, 11) is 0. The molecule has 0 spiro atoms. The molecule has 89 valence electrons. The van der Waals surface area contributed by atoms with Crippen LogP contribution in [-0.2, 0) is 6.42 Å². The molecular weight excluding hydrogens is 239 g/mol. The Labute approximate surface area is 112 Å². The van der Waals surface area contributed by atoms with E-state index in [4.69, 9.17) is 5.11 Å². The summed E-state index contributed by atoms with van der Waals surface area (Å²) in [5.74, 6) is -2.97. The number of aromatic carboxylic acids is 1. The van der Waals surface area contributed by atoms with Gasteiger partial charge in [-0.15, -0.1) is 10.2 Å². The van der Waals surface area contributed by atoms with Crippen LogP contribution < -0.4 is 0 Å². The Bertz CT molecular complexity index is 554. The Morgan fingerprint density at radius 3 is 2.39 bits per heavy atom. The Morgan fingerprint density at radius 2 is 1.89 bits per heavy atom. The average Bonchev–Trinajstić information content (AvgIpc) is 2.72. The van der Waals surface area contributed by atoms with Gasteiger partial charge in [-0.1, -0.05) is 6.07 Å². The molecule has 0 aliphatic rings. The van der Waals surface area contributed by atoms with Crippen LogP contribution in [0.4, 0.5) is 8.78 Å². The number of hydrogen-bond acceptors (Lipinski definition) is 3. The van der Waals surface area contributed by atoms with Crippen LogP contribution in [0.1, 0.15) is 22.0 Å². The van der Waals surface area contributed by atoms with Crippen molar-refractivity contribution in [3.63, 3.8) is 0 Å². The molecule has 2 N–H and O–H groups in total. The van der Waals surface area contributed by atoms with Crippen LogP contribution in [0.15, 0.2) is 18.2 Å².